The first-order valence-corrected chi connectivity index (χ1v) is 11.2. The Labute approximate surface area is 182 Å². The molecule has 3 aliphatic rings. The molecule has 2 heterocycles. The second-order valence-corrected chi connectivity index (χ2v) is 9.05. The summed E-state index contributed by atoms with van der Waals surface area (Å²) in [5.74, 6) is 1.55. The van der Waals surface area contributed by atoms with Crippen molar-refractivity contribution < 1.29 is 29.9 Å². The van der Waals surface area contributed by atoms with Gasteiger partial charge in [0.2, 0.25) is 0 Å². The van der Waals surface area contributed by atoms with Crippen molar-refractivity contribution in [3.63, 3.8) is 0 Å². The van der Waals surface area contributed by atoms with Gasteiger partial charge in [-0.05, 0) is 71.9 Å². The monoisotopic (exact) mass is 426 g/mol. The second kappa shape index (κ2) is 8.52. The fraction of sp³-hybridized carbons (Fsp3) is 0.520. The zero-order chi connectivity index (χ0) is 21.5. The number of rotatable bonds is 5. The predicted octanol–water partition coefficient (Wildman–Crippen LogP) is 1.99. The summed E-state index contributed by atoms with van der Waals surface area (Å²) in [5.41, 5.74) is 5.73. The molecule has 2 fully saturated rings. The maximum absolute atomic E-state index is 10.5. The van der Waals surface area contributed by atoms with Crippen LogP contribution in [0.5, 0.6) is 5.75 Å². The van der Waals surface area contributed by atoms with Gasteiger partial charge in [0, 0.05) is 0 Å². The average molecular weight is 427 g/mol. The molecule has 0 aromatic heterocycles. The minimum atomic E-state index is -1.37. The molecule has 2 aromatic rings. The molecule has 1 saturated heterocycles. The van der Waals surface area contributed by atoms with Crippen LogP contribution in [-0.4, -0.2) is 58.1 Å². The summed E-state index contributed by atoms with van der Waals surface area (Å²) in [6.07, 6.45) is -0.491. The van der Waals surface area contributed by atoms with E-state index >= 15 is 0 Å². The Hall–Kier alpha value is -1.96. The zero-order valence-corrected chi connectivity index (χ0v) is 17.5. The molecule has 1 aliphatic carbocycles. The summed E-state index contributed by atoms with van der Waals surface area (Å²) in [6.45, 7) is 0.352. The van der Waals surface area contributed by atoms with Gasteiger partial charge in [-0.2, -0.15) is 0 Å². The minimum Gasteiger partial charge on any atom is -0.493 e. The Morgan fingerprint density at radius 2 is 1.77 bits per heavy atom. The fourth-order valence-corrected chi connectivity index (χ4v) is 4.87. The smallest absolute Gasteiger partial charge is 0.122 e. The number of benzene rings is 2. The zero-order valence-electron chi connectivity index (χ0n) is 17.5. The number of ether oxygens (including phenoxy) is 2. The van der Waals surface area contributed by atoms with Crippen LogP contribution in [0, 0.1) is 0 Å². The fourth-order valence-electron chi connectivity index (χ4n) is 4.87. The molecule has 0 radical (unpaired) electrons. The van der Waals surface area contributed by atoms with E-state index in [1.807, 2.05) is 6.07 Å². The Bertz CT molecular complexity index is 938. The standard InChI is InChI=1S/C25H30O6/c26-13-21-22(27)23(28)24(29)25(31-21)17-6-7-19(15-4-5-15)18(12-17)11-14-3-8-20-16(10-14)2-1-9-30-20/h3,6-8,10,12,15,21-29H,1-2,4-5,9,11,13H2/t21-,22-,23+,24-,25?/m1/s1. The van der Waals surface area contributed by atoms with Crippen molar-refractivity contribution in [2.75, 3.05) is 13.2 Å². The van der Waals surface area contributed by atoms with E-state index in [1.54, 1.807) is 0 Å². The van der Waals surface area contributed by atoms with E-state index in [9.17, 15) is 20.4 Å². The Balaban J connectivity index is 1.45. The lowest BCUT2D eigenvalue weighted by molar-refractivity contribution is -0.231. The Kier molecular flexibility index (Phi) is 5.75. The number of aliphatic hydroxyl groups is 4. The highest BCUT2D eigenvalue weighted by molar-refractivity contribution is 5.44. The van der Waals surface area contributed by atoms with Crippen molar-refractivity contribution in [3.05, 3.63) is 64.2 Å². The third kappa shape index (κ3) is 4.11. The van der Waals surface area contributed by atoms with Crippen LogP contribution in [0.4, 0.5) is 0 Å². The van der Waals surface area contributed by atoms with Crippen LogP contribution >= 0.6 is 0 Å². The van der Waals surface area contributed by atoms with E-state index in [-0.39, 0.29) is 0 Å². The van der Waals surface area contributed by atoms with Gasteiger partial charge in [-0.15, -0.1) is 0 Å². The Morgan fingerprint density at radius 1 is 0.935 bits per heavy atom. The van der Waals surface area contributed by atoms with Crippen LogP contribution in [0.25, 0.3) is 0 Å². The summed E-state index contributed by atoms with van der Waals surface area (Å²) in [4.78, 5) is 0. The summed E-state index contributed by atoms with van der Waals surface area (Å²) in [6, 6.07) is 12.5. The van der Waals surface area contributed by atoms with E-state index < -0.39 is 37.1 Å². The summed E-state index contributed by atoms with van der Waals surface area (Å²) in [7, 11) is 0. The summed E-state index contributed by atoms with van der Waals surface area (Å²) >= 11 is 0. The molecule has 6 heteroatoms. The van der Waals surface area contributed by atoms with Crippen LogP contribution in [0.3, 0.4) is 0 Å². The molecular weight excluding hydrogens is 396 g/mol. The van der Waals surface area contributed by atoms with Gasteiger partial charge in [0.15, 0.2) is 0 Å². The van der Waals surface area contributed by atoms with Gasteiger partial charge >= 0.3 is 0 Å². The molecule has 1 unspecified atom stereocenters. The van der Waals surface area contributed by atoms with Crippen molar-refractivity contribution >= 4 is 0 Å². The first kappa shape index (κ1) is 20.9. The lowest BCUT2D eigenvalue weighted by atomic mass is 9.88. The van der Waals surface area contributed by atoms with E-state index in [0.29, 0.717) is 5.92 Å². The predicted molar refractivity (Wildman–Crippen MR) is 114 cm³/mol. The molecule has 0 amide bonds. The molecule has 31 heavy (non-hydrogen) atoms. The highest BCUT2D eigenvalue weighted by Gasteiger charge is 2.44. The molecule has 4 N–H and O–H groups in total. The SMILES string of the molecule is OC[C@H]1OC(c2ccc(C3CC3)c(Cc3ccc4c(c3)CCCO4)c2)[C@H](O)[C@@H](O)[C@@H]1O. The largest absolute Gasteiger partial charge is 0.493 e. The Morgan fingerprint density at radius 3 is 2.55 bits per heavy atom. The first-order chi connectivity index (χ1) is 15.0. The number of hydrogen-bond acceptors (Lipinski definition) is 6. The molecule has 6 nitrogen and oxygen atoms in total. The minimum absolute atomic E-state index is 0.425. The van der Waals surface area contributed by atoms with Gasteiger partial charge in [0.25, 0.3) is 0 Å². The highest BCUT2D eigenvalue weighted by Crippen LogP contribution is 2.43. The van der Waals surface area contributed by atoms with Gasteiger partial charge in [-0.1, -0.05) is 30.3 Å². The van der Waals surface area contributed by atoms with Crippen LogP contribution < -0.4 is 4.74 Å². The van der Waals surface area contributed by atoms with Crippen molar-refractivity contribution in [2.24, 2.45) is 0 Å². The van der Waals surface area contributed by atoms with Gasteiger partial charge in [0.05, 0.1) is 13.2 Å². The number of hydrogen-bond donors (Lipinski definition) is 4. The maximum atomic E-state index is 10.5. The van der Waals surface area contributed by atoms with Crippen molar-refractivity contribution in [3.8, 4) is 5.75 Å². The molecule has 5 rings (SSSR count). The third-order valence-corrected chi connectivity index (χ3v) is 6.77. The average Bonchev–Trinajstić information content (AvgIpc) is 3.63. The maximum Gasteiger partial charge on any atom is 0.122 e. The summed E-state index contributed by atoms with van der Waals surface area (Å²) < 4.78 is 11.5. The van der Waals surface area contributed by atoms with Crippen molar-refractivity contribution in [1.82, 2.24) is 0 Å². The molecular formula is C25H30O6. The first-order valence-electron chi connectivity index (χ1n) is 11.2. The van der Waals surface area contributed by atoms with E-state index in [2.05, 4.69) is 30.3 Å². The van der Waals surface area contributed by atoms with E-state index in [1.165, 1.54) is 35.1 Å². The molecule has 2 aromatic carbocycles. The lowest BCUT2D eigenvalue weighted by Gasteiger charge is -2.40. The van der Waals surface area contributed by atoms with Crippen molar-refractivity contribution in [1.29, 1.82) is 0 Å². The topological polar surface area (TPSA) is 99.4 Å². The molecule has 1 saturated carbocycles. The quantitative estimate of drug-likeness (QED) is 0.584. The van der Waals surface area contributed by atoms with Crippen LogP contribution in [0.2, 0.25) is 0 Å². The normalized spacial score (nSPS) is 30.5. The van der Waals surface area contributed by atoms with Gasteiger partial charge in [-0.25, -0.2) is 0 Å². The molecule has 5 atom stereocenters. The van der Waals surface area contributed by atoms with Gasteiger partial charge in [0.1, 0.15) is 36.3 Å². The van der Waals surface area contributed by atoms with Crippen LogP contribution in [-0.2, 0) is 17.6 Å². The second-order valence-electron chi connectivity index (χ2n) is 9.05. The van der Waals surface area contributed by atoms with Crippen LogP contribution in [0.1, 0.15) is 59.1 Å². The molecule has 166 valence electrons. The number of aliphatic hydroxyl groups excluding tert-OH is 4. The molecule has 0 bridgehead atoms. The molecule has 0 spiro atoms. The number of aryl methyl sites for hydroxylation is 1. The van der Waals surface area contributed by atoms with E-state index in [4.69, 9.17) is 9.47 Å². The highest BCUT2D eigenvalue weighted by atomic mass is 16.5. The van der Waals surface area contributed by atoms with Crippen LogP contribution in [0.15, 0.2) is 36.4 Å². The summed E-state index contributed by atoms with van der Waals surface area (Å²) in [5, 5.41) is 40.3. The van der Waals surface area contributed by atoms with Crippen molar-refractivity contribution in [2.45, 2.75) is 68.5 Å². The number of fused-ring (bicyclic) bond motifs is 1. The van der Waals surface area contributed by atoms with Gasteiger partial charge < -0.3 is 29.9 Å². The van der Waals surface area contributed by atoms with E-state index in [0.717, 1.165) is 37.2 Å². The lowest BCUT2D eigenvalue weighted by Crippen LogP contribution is -2.55. The molecule has 2 aliphatic heterocycles. The third-order valence-electron chi connectivity index (χ3n) is 6.77. The van der Waals surface area contributed by atoms with Gasteiger partial charge in [-0.3, -0.25) is 0 Å².